The average molecular weight is 455 g/mol. The second-order valence-corrected chi connectivity index (χ2v) is 9.13. The van der Waals surface area contributed by atoms with Crippen LogP contribution >= 0.6 is 11.8 Å². The minimum Gasteiger partial charge on any atom is -0.483 e. The molecule has 31 heavy (non-hydrogen) atoms. The van der Waals surface area contributed by atoms with Crippen molar-refractivity contribution in [3.05, 3.63) is 12.3 Å². The van der Waals surface area contributed by atoms with Crippen LogP contribution in [0.4, 0.5) is 5.82 Å². The number of carboxylic acid groups (broad SMARTS) is 2. The Balaban J connectivity index is 0.000000513. The van der Waals surface area contributed by atoms with Gasteiger partial charge in [0.2, 0.25) is 0 Å². The van der Waals surface area contributed by atoms with Gasteiger partial charge in [-0.3, -0.25) is 9.59 Å². The average Bonchev–Trinajstić information content (AvgIpc) is 3.49. The molecule has 4 atom stereocenters. The van der Waals surface area contributed by atoms with Gasteiger partial charge in [-0.15, -0.1) is 0 Å². The molecule has 1 aromatic rings. The number of ether oxygens (including phenoxy) is 1. The molecule has 0 bridgehead atoms. The van der Waals surface area contributed by atoms with Crippen molar-refractivity contribution in [2.24, 2.45) is 17.8 Å². The van der Waals surface area contributed by atoms with Crippen LogP contribution in [0.5, 0.6) is 0 Å². The van der Waals surface area contributed by atoms with Crippen molar-refractivity contribution in [2.45, 2.75) is 43.0 Å². The molecule has 10 heteroatoms. The smallest absolute Gasteiger partial charge is 0.290 e. The fourth-order valence-corrected chi connectivity index (χ4v) is 4.80. The van der Waals surface area contributed by atoms with E-state index in [4.69, 9.17) is 29.5 Å². The first-order chi connectivity index (χ1) is 15.0. The van der Waals surface area contributed by atoms with Crippen molar-refractivity contribution in [1.82, 2.24) is 14.9 Å². The topological polar surface area (TPSA) is 116 Å². The zero-order valence-corrected chi connectivity index (χ0v) is 19.3. The second-order valence-electron chi connectivity index (χ2n) is 8.36. The Labute approximate surface area is 188 Å². The van der Waals surface area contributed by atoms with Gasteiger partial charge < -0.3 is 24.7 Å². The van der Waals surface area contributed by atoms with Gasteiger partial charge in [0.1, 0.15) is 5.82 Å². The van der Waals surface area contributed by atoms with E-state index in [2.05, 4.69) is 34.9 Å². The van der Waals surface area contributed by atoms with Crippen LogP contribution in [-0.4, -0.2) is 90.2 Å². The summed E-state index contributed by atoms with van der Waals surface area (Å²) in [6.07, 6.45) is 9.48. The number of hydrogen-bond donors (Lipinski definition) is 2. The van der Waals surface area contributed by atoms with E-state index in [9.17, 15) is 0 Å². The maximum atomic E-state index is 8.36. The predicted octanol–water partition coefficient (Wildman–Crippen LogP) is 2.17. The molecule has 0 radical (unpaired) electrons. The number of thioether (sulfide) groups is 1. The Hall–Kier alpha value is -1.91. The lowest BCUT2D eigenvalue weighted by Gasteiger charge is -2.41. The fraction of sp³-hybridized carbons (Fsp3) is 0.714. The molecule has 1 aromatic heterocycles. The molecule has 0 spiro atoms. The van der Waals surface area contributed by atoms with Gasteiger partial charge >= 0.3 is 0 Å². The predicted molar refractivity (Wildman–Crippen MR) is 120 cm³/mol. The van der Waals surface area contributed by atoms with Crippen molar-refractivity contribution >= 4 is 30.5 Å². The Morgan fingerprint density at radius 1 is 1.19 bits per heavy atom. The van der Waals surface area contributed by atoms with Gasteiger partial charge in [0.25, 0.3) is 12.9 Å². The van der Waals surface area contributed by atoms with Gasteiger partial charge in [-0.05, 0) is 69.9 Å². The van der Waals surface area contributed by atoms with E-state index in [0.717, 1.165) is 48.4 Å². The highest BCUT2D eigenvalue weighted by molar-refractivity contribution is 7.98. The maximum Gasteiger partial charge on any atom is 0.290 e. The third-order valence-electron chi connectivity index (χ3n) is 6.12. The molecule has 1 saturated heterocycles. The first-order valence-electron chi connectivity index (χ1n) is 10.5. The number of nitrogens with zero attached hydrogens (tertiary/aromatic N) is 4. The Bertz CT molecular complexity index is 685. The van der Waals surface area contributed by atoms with E-state index in [1.54, 1.807) is 11.8 Å². The van der Waals surface area contributed by atoms with Crippen LogP contribution in [0.3, 0.4) is 0 Å². The van der Waals surface area contributed by atoms with Gasteiger partial charge in [-0.2, -0.15) is 0 Å². The summed E-state index contributed by atoms with van der Waals surface area (Å²) < 4.78 is 6.38. The summed E-state index contributed by atoms with van der Waals surface area (Å²) in [5.41, 5.74) is 0. The number of rotatable bonds is 6. The van der Waals surface area contributed by atoms with E-state index in [1.807, 2.05) is 12.5 Å². The molecule has 0 amide bonds. The second kappa shape index (κ2) is 12.8. The molecular weight excluding hydrogens is 420 g/mol. The highest BCUT2D eigenvalue weighted by Gasteiger charge is 2.44. The quantitative estimate of drug-likeness (QED) is 0.376. The normalized spacial score (nSPS) is 26.8. The van der Waals surface area contributed by atoms with Crippen LogP contribution in [0.2, 0.25) is 0 Å². The molecule has 2 aliphatic carbocycles. The summed E-state index contributed by atoms with van der Waals surface area (Å²) in [4.78, 5) is 30.6. The van der Waals surface area contributed by atoms with E-state index in [1.165, 1.54) is 25.7 Å². The first-order valence-corrected chi connectivity index (χ1v) is 11.7. The summed E-state index contributed by atoms with van der Waals surface area (Å²) in [5.74, 6) is 3.41. The Morgan fingerprint density at radius 3 is 2.35 bits per heavy atom. The van der Waals surface area contributed by atoms with Gasteiger partial charge in [0, 0.05) is 31.9 Å². The van der Waals surface area contributed by atoms with Gasteiger partial charge in [0.05, 0.1) is 6.10 Å². The van der Waals surface area contributed by atoms with Crippen molar-refractivity contribution in [1.29, 1.82) is 0 Å². The molecule has 2 heterocycles. The van der Waals surface area contributed by atoms with Crippen molar-refractivity contribution in [2.75, 3.05) is 44.9 Å². The summed E-state index contributed by atoms with van der Waals surface area (Å²) >= 11 is 1.61. The number of likely N-dealkylation sites (N-methyl/N-ethyl adjacent to an activating group) is 1. The van der Waals surface area contributed by atoms with Gasteiger partial charge in [-0.25, -0.2) is 9.97 Å². The zero-order chi connectivity index (χ0) is 22.8. The van der Waals surface area contributed by atoms with Crippen molar-refractivity contribution in [3.8, 4) is 0 Å². The maximum absolute atomic E-state index is 8.36. The lowest BCUT2D eigenvalue weighted by atomic mass is 9.77. The van der Waals surface area contributed by atoms with E-state index >= 15 is 0 Å². The highest BCUT2D eigenvalue weighted by atomic mass is 32.2. The molecule has 0 unspecified atom stereocenters. The lowest BCUT2D eigenvalue weighted by molar-refractivity contribution is -0.123. The minimum absolute atomic E-state index is 0.250. The lowest BCUT2D eigenvalue weighted by Crippen LogP contribution is -2.48. The van der Waals surface area contributed by atoms with Crippen LogP contribution in [0, 0.1) is 17.8 Å². The molecule has 0 aromatic carbocycles. The van der Waals surface area contributed by atoms with Crippen LogP contribution in [0.1, 0.15) is 25.7 Å². The van der Waals surface area contributed by atoms with E-state index in [0.29, 0.717) is 12.1 Å². The standard InChI is InChI=1S/C19H30N4OS.2CH2O2/c1-22(2)16-8-14-10-23(18-6-7-20-19(21-18)25-3)11-15(14)9-17(16)24-12-13-4-5-13;2*2-1-3/h6-7,13-17H,4-5,8-12H2,1-3H3;2*1H,(H,2,3)/t14-,15+,16-,17-;;/m1../s1. The number of fused-ring (bicyclic) bond motifs is 1. The third-order valence-corrected chi connectivity index (χ3v) is 6.68. The molecule has 3 aliphatic rings. The Kier molecular flexibility index (Phi) is 10.5. The van der Waals surface area contributed by atoms with Crippen LogP contribution in [0.25, 0.3) is 0 Å². The SMILES string of the molecule is CSc1nccc(N2C[C@H]3C[C@@H](N(C)C)[C@H](OCC4CC4)C[C@H]3C2)n1.O=CO.O=CO. The minimum atomic E-state index is -0.250. The van der Waals surface area contributed by atoms with Gasteiger partial charge in [0.15, 0.2) is 5.16 Å². The molecule has 174 valence electrons. The summed E-state index contributed by atoms with van der Waals surface area (Å²) in [6.45, 7) is 2.70. The summed E-state index contributed by atoms with van der Waals surface area (Å²) in [6, 6.07) is 2.61. The van der Waals surface area contributed by atoms with Crippen LogP contribution in [0.15, 0.2) is 17.4 Å². The third kappa shape index (κ3) is 7.62. The Morgan fingerprint density at radius 2 is 1.81 bits per heavy atom. The highest BCUT2D eigenvalue weighted by Crippen LogP contribution is 2.41. The number of hydrogen-bond acceptors (Lipinski definition) is 8. The summed E-state index contributed by atoms with van der Waals surface area (Å²) in [7, 11) is 4.42. The fourth-order valence-electron chi connectivity index (χ4n) is 4.45. The molecule has 2 saturated carbocycles. The molecule has 9 nitrogen and oxygen atoms in total. The molecule has 3 fully saturated rings. The van der Waals surface area contributed by atoms with Crippen molar-refractivity contribution < 1.29 is 24.5 Å². The zero-order valence-electron chi connectivity index (χ0n) is 18.5. The van der Waals surface area contributed by atoms with Crippen molar-refractivity contribution in [3.63, 3.8) is 0 Å². The first kappa shape index (κ1) is 25.4. The molecule has 2 N–H and O–H groups in total. The van der Waals surface area contributed by atoms with Crippen LogP contribution in [-0.2, 0) is 14.3 Å². The monoisotopic (exact) mass is 454 g/mol. The van der Waals surface area contributed by atoms with Gasteiger partial charge in [-0.1, -0.05) is 11.8 Å². The molecule has 4 rings (SSSR count). The van der Waals surface area contributed by atoms with Crippen LogP contribution < -0.4 is 4.90 Å². The van der Waals surface area contributed by atoms with E-state index in [-0.39, 0.29) is 12.9 Å². The largest absolute Gasteiger partial charge is 0.483 e. The number of carbonyl (C=O) groups is 2. The van der Waals surface area contributed by atoms with E-state index < -0.39 is 0 Å². The summed E-state index contributed by atoms with van der Waals surface area (Å²) in [5, 5.41) is 14.6. The molecular formula is C21H34N4O5S. The number of aromatic nitrogens is 2. The molecule has 1 aliphatic heterocycles. The number of anilines is 1.